The minimum Gasteiger partial charge on any atom is -0.298 e. The molecule has 2 aliphatic heterocycles. The van der Waals surface area contributed by atoms with Crippen LogP contribution >= 0.6 is 15.9 Å². The third-order valence-electron chi connectivity index (χ3n) is 5.70. The highest BCUT2D eigenvalue weighted by molar-refractivity contribution is 9.09. The molecule has 2 nitrogen and oxygen atoms in total. The summed E-state index contributed by atoms with van der Waals surface area (Å²) in [6, 6.07) is 1.57. The molecule has 0 aromatic rings. The van der Waals surface area contributed by atoms with Gasteiger partial charge in [-0.05, 0) is 44.6 Å². The summed E-state index contributed by atoms with van der Waals surface area (Å²) in [5.41, 5.74) is 0.495. The van der Waals surface area contributed by atoms with Crippen LogP contribution in [0.5, 0.6) is 0 Å². The van der Waals surface area contributed by atoms with Gasteiger partial charge in [0.2, 0.25) is 0 Å². The first kappa shape index (κ1) is 17.7. The molecule has 21 heavy (non-hydrogen) atoms. The highest BCUT2D eigenvalue weighted by Gasteiger charge is 2.37. The molecule has 0 saturated carbocycles. The van der Waals surface area contributed by atoms with Gasteiger partial charge in [0, 0.05) is 37.0 Å². The third-order valence-corrected chi connectivity index (χ3v) is 6.89. The molecule has 2 fully saturated rings. The second-order valence-electron chi connectivity index (χ2n) is 7.56. The second kappa shape index (κ2) is 8.31. The zero-order valence-electron chi connectivity index (χ0n) is 14.4. The Hall–Kier alpha value is 0.400. The molecule has 124 valence electrons. The van der Waals surface area contributed by atoms with Crippen LogP contribution in [-0.2, 0) is 0 Å². The van der Waals surface area contributed by atoms with Crippen molar-refractivity contribution in [3.63, 3.8) is 0 Å². The van der Waals surface area contributed by atoms with Crippen LogP contribution in [0.25, 0.3) is 0 Å². The van der Waals surface area contributed by atoms with Crippen molar-refractivity contribution >= 4 is 15.9 Å². The Bertz CT molecular complexity index is 302. The maximum Gasteiger partial charge on any atom is 0.0223 e. The van der Waals surface area contributed by atoms with Gasteiger partial charge in [0.25, 0.3) is 0 Å². The number of rotatable bonds is 7. The predicted octanol–water partition coefficient (Wildman–Crippen LogP) is 4.53. The minimum absolute atomic E-state index is 0.495. The van der Waals surface area contributed by atoms with E-state index in [1.807, 2.05) is 0 Å². The van der Waals surface area contributed by atoms with Gasteiger partial charge in [0.05, 0.1) is 0 Å². The van der Waals surface area contributed by atoms with Crippen LogP contribution in [0.4, 0.5) is 0 Å². The molecule has 2 saturated heterocycles. The van der Waals surface area contributed by atoms with Gasteiger partial charge in [-0.1, -0.05) is 49.0 Å². The molecule has 0 radical (unpaired) electrons. The molecule has 2 heterocycles. The first-order valence-electron chi connectivity index (χ1n) is 9.18. The normalized spacial score (nSPS) is 28.6. The summed E-state index contributed by atoms with van der Waals surface area (Å²) >= 11 is 3.85. The summed E-state index contributed by atoms with van der Waals surface area (Å²) < 4.78 is 0. The van der Waals surface area contributed by atoms with Crippen LogP contribution in [-0.4, -0.2) is 53.4 Å². The molecule has 0 aromatic carbocycles. The van der Waals surface area contributed by atoms with Crippen molar-refractivity contribution in [2.24, 2.45) is 5.41 Å². The average Bonchev–Trinajstić information content (AvgIpc) is 2.48. The van der Waals surface area contributed by atoms with E-state index in [9.17, 15) is 0 Å². The fourth-order valence-electron chi connectivity index (χ4n) is 4.58. The second-order valence-corrected chi connectivity index (χ2v) is 8.12. The van der Waals surface area contributed by atoms with E-state index in [0.29, 0.717) is 5.41 Å². The van der Waals surface area contributed by atoms with Crippen molar-refractivity contribution in [2.45, 2.75) is 77.8 Å². The fraction of sp³-hybridized carbons (Fsp3) is 1.00. The van der Waals surface area contributed by atoms with E-state index in [1.165, 1.54) is 76.5 Å². The van der Waals surface area contributed by atoms with E-state index in [4.69, 9.17) is 0 Å². The molecule has 0 aliphatic carbocycles. The standard InChI is InChI=1S/C18H35BrN2/c1-4-9-18(14-19,10-5-2)15-21-13-17-8-6-7-11-20(17)12-16(21)3/h16-17H,4-15H2,1-3H3. The van der Waals surface area contributed by atoms with Gasteiger partial charge in [0.1, 0.15) is 0 Å². The van der Waals surface area contributed by atoms with Gasteiger partial charge < -0.3 is 0 Å². The zero-order valence-corrected chi connectivity index (χ0v) is 16.0. The number of nitrogens with zero attached hydrogens (tertiary/aromatic N) is 2. The molecule has 2 atom stereocenters. The van der Waals surface area contributed by atoms with Crippen molar-refractivity contribution in [1.82, 2.24) is 9.80 Å². The number of hydrogen-bond acceptors (Lipinski definition) is 2. The highest BCUT2D eigenvalue weighted by atomic mass is 79.9. The summed E-state index contributed by atoms with van der Waals surface area (Å²) in [4.78, 5) is 5.58. The van der Waals surface area contributed by atoms with Crippen molar-refractivity contribution in [3.8, 4) is 0 Å². The molecule has 0 aromatic heterocycles. The summed E-state index contributed by atoms with van der Waals surface area (Å²) in [6.45, 7) is 12.4. The molecule has 2 aliphatic rings. The molecule has 2 unspecified atom stereocenters. The van der Waals surface area contributed by atoms with Gasteiger partial charge in [-0.15, -0.1) is 0 Å². The van der Waals surface area contributed by atoms with Gasteiger partial charge in [-0.25, -0.2) is 0 Å². The molecule has 0 spiro atoms. The number of hydrogen-bond donors (Lipinski definition) is 0. The summed E-state index contributed by atoms with van der Waals surface area (Å²) in [6.07, 6.45) is 9.63. The molecule has 0 amide bonds. The molecular formula is C18H35BrN2. The van der Waals surface area contributed by atoms with Gasteiger partial charge >= 0.3 is 0 Å². The van der Waals surface area contributed by atoms with Crippen molar-refractivity contribution in [3.05, 3.63) is 0 Å². The van der Waals surface area contributed by atoms with E-state index in [0.717, 1.165) is 12.1 Å². The van der Waals surface area contributed by atoms with Crippen molar-refractivity contribution in [2.75, 3.05) is 31.5 Å². The topological polar surface area (TPSA) is 6.48 Å². The predicted molar refractivity (Wildman–Crippen MR) is 96.3 cm³/mol. The molecule has 0 N–H and O–H groups in total. The lowest BCUT2D eigenvalue weighted by atomic mass is 9.80. The Kier molecular flexibility index (Phi) is 7.02. The number of piperidine rings is 1. The smallest absolute Gasteiger partial charge is 0.0223 e. The van der Waals surface area contributed by atoms with Crippen LogP contribution in [0.2, 0.25) is 0 Å². The Balaban J connectivity index is 2.01. The molecular weight excluding hydrogens is 324 g/mol. The summed E-state index contributed by atoms with van der Waals surface area (Å²) in [5, 5.41) is 1.17. The third kappa shape index (κ3) is 4.45. The Labute approximate surface area is 140 Å². The van der Waals surface area contributed by atoms with E-state index >= 15 is 0 Å². The van der Waals surface area contributed by atoms with Crippen LogP contribution in [0.3, 0.4) is 0 Å². The van der Waals surface area contributed by atoms with E-state index in [-0.39, 0.29) is 0 Å². The first-order valence-corrected chi connectivity index (χ1v) is 10.3. The quantitative estimate of drug-likeness (QED) is 0.617. The highest BCUT2D eigenvalue weighted by Crippen LogP contribution is 2.35. The average molecular weight is 359 g/mol. The SMILES string of the molecule is CCCC(CBr)(CCC)CN1CC2CCCCN2CC1C. The molecule has 3 heteroatoms. The maximum atomic E-state index is 3.85. The van der Waals surface area contributed by atoms with Crippen molar-refractivity contribution < 1.29 is 0 Å². The lowest BCUT2D eigenvalue weighted by molar-refractivity contribution is -0.00657. The number of fused-ring (bicyclic) bond motifs is 1. The first-order chi connectivity index (χ1) is 10.1. The van der Waals surface area contributed by atoms with E-state index in [1.54, 1.807) is 0 Å². The van der Waals surface area contributed by atoms with Crippen molar-refractivity contribution in [1.29, 1.82) is 0 Å². The van der Waals surface area contributed by atoms with Crippen LogP contribution in [0.15, 0.2) is 0 Å². The Morgan fingerprint density at radius 2 is 1.81 bits per heavy atom. The monoisotopic (exact) mass is 358 g/mol. The van der Waals surface area contributed by atoms with Crippen LogP contribution in [0, 0.1) is 5.41 Å². The Morgan fingerprint density at radius 1 is 1.10 bits per heavy atom. The largest absolute Gasteiger partial charge is 0.298 e. The van der Waals surface area contributed by atoms with Crippen LogP contribution in [0.1, 0.15) is 65.7 Å². The van der Waals surface area contributed by atoms with Gasteiger partial charge in [-0.2, -0.15) is 0 Å². The number of alkyl halides is 1. The zero-order chi connectivity index (χ0) is 15.3. The Morgan fingerprint density at radius 3 is 2.43 bits per heavy atom. The van der Waals surface area contributed by atoms with Gasteiger partial charge in [-0.3, -0.25) is 9.80 Å². The summed E-state index contributed by atoms with van der Waals surface area (Å²) in [5.74, 6) is 0. The van der Waals surface area contributed by atoms with E-state index in [2.05, 4.69) is 46.5 Å². The molecule has 0 bridgehead atoms. The fourth-order valence-corrected chi connectivity index (χ4v) is 5.32. The van der Waals surface area contributed by atoms with Crippen LogP contribution < -0.4 is 0 Å². The minimum atomic E-state index is 0.495. The van der Waals surface area contributed by atoms with Gasteiger partial charge in [0.15, 0.2) is 0 Å². The maximum absolute atomic E-state index is 3.85. The lowest BCUT2D eigenvalue weighted by Gasteiger charge is -2.50. The molecule has 2 rings (SSSR count). The number of halogens is 1. The number of piperazine rings is 1. The summed E-state index contributed by atoms with van der Waals surface area (Å²) in [7, 11) is 0. The van der Waals surface area contributed by atoms with E-state index < -0.39 is 0 Å². The lowest BCUT2D eigenvalue weighted by Crippen LogP contribution is -2.60.